The van der Waals surface area contributed by atoms with Crippen molar-refractivity contribution in [2.24, 2.45) is 4.99 Å². The maximum absolute atomic E-state index is 4.75. The summed E-state index contributed by atoms with van der Waals surface area (Å²) >= 11 is 0. The van der Waals surface area contributed by atoms with Crippen LogP contribution in [0.1, 0.15) is 57.0 Å². The van der Waals surface area contributed by atoms with Crippen molar-refractivity contribution in [3.05, 3.63) is 384 Å². The average Bonchev–Trinajstić information content (AvgIpc) is 0.749. The molecular formula is C105H84N6. The lowest BCUT2D eigenvalue weighted by Crippen LogP contribution is -1.98. The van der Waals surface area contributed by atoms with Crippen LogP contribution in [0.5, 0.6) is 0 Å². The molecule has 6 heteroatoms. The van der Waals surface area contributed by atoms with Gasteiger partial charge in [-0.2, -0.15) is 0 Å². The SMILES string of the molecule is C=N/C(=C\C=C/C)c1ccc(-c2ccc(C)c(C)c2-c2cc(-c3cc(C)c(C)cc3-c3ccc(-c4ccccn4)cc3)cc(-c3cccc(-c4cc(-c5cc(C)c(C)cc5-c5ccc(-c6ccccn6)cc5)cc(-c5c(C)cc(C)cc5-c5ccc(-c6ccccn6)cc5)c4)c3-c3ccc(-c4ncccn4)cc3)c2)cc1. The minimum absolute atomic E-state index is 0.663. The van der Waals surface area contributed by atoms with E-state index in [9.17, 15) is 0 Å². The molecule has 4 aromatic heterocycles. The Morgan fingerprint density at radius 1 is 0.270 bits per heavy atom. The molecule has 0 saturated carbocycles. The molecule has 16 aromatic rings. The third-order valence-electron chi connectivity index (χ3n) is 21.8. The van der Waals surface area contributed by atoms with Crippen molar-refractivity contribution in [2.75, 3.05) is 0 Å². The maximum atomic E-state index is 4.75. The monoisotopic (exact) mass is 1430 g/mol. The highest BCUT2D eigenvalue weighted by atomic mass is 14.8. The molecule has 0 radical (unpaired) electrons. The Morgan fingerprint density at radius 2 is 0.649 bits per heavy atom. The van der Waals surface area contributed by atoms with Gasteiger partial charge in [0.1, 0.15) is 0 Å². The summed E-state index contributed by atoms with van der Waals surface area (Å²) in [7, 11) is 0. The molecule has 0 aliphatic carbocycles. The van der Waals surface area contributed by atoms with E-state index in [-0.39, 0.29) is 0 Å². The van der Waals surface area contributed by atoms with Crippen molar-refractivity contribution in [1.29, 1.82) is 0 Å². The van der Waals surface area contributed by atoms with Gasteiger partial charge >= 0.3 is 0 Å². The zero-order chi connectivity index (χ0) is 76.2. The molecule has 16 rings (SSSR count). The minimum atomic E-state index is 0.663. The lowest BCUT2D eigenvalue weighted by Gasteiger charge is -2.23. The highest BCUT2D eigenvalue weighted by Crippen LogP contribution is 2.50. The number of aryl methyl sites for hydroxylation is 7. The first-order valence-corrected chi connectivity index (χ1v) is 38.0. The normalized spacial score (nSPS) is 11.5. The Labute approximate surface area is 652 Å². The van der Waals surface area contributed by atoms with Crippen LogP contribution in [0.2, 0.25) is 0 Å². The number of hydrogen-bond acceptors (Lipinski definition) is 6. The van der Waals surface area contributed by atoms with Crippen molar-refractivity contribution < 1.29 is 0 Å². The molecule has 534 valence electrons. The van der Waals surface area contributed by atoms with Gasteiger partial charge in [0, 0.05) is 58.8 Å². The second kappa shape index (κ2) is 31.3. The largest absolute Gasteiger partial charge is 0.264 e. The van der Waals surface area contributed by atoms with Crippen LogP contribution in [-0.2, 0) is 0 Å². The van der Waals surface area contributed by atoms with E-state index < -0.39 is 0 Å². The lowest BCUT2D eigenvalue weighted by atomic mass is 9.81. The third-order valence-corrected chi connectivity index (χ3v) is 21.8. The molecule has 111 heavy (non-hydrogen) atoms. The van der Waals surface area contributed by atoms with E-state index >= 15 is 0 Å². The fraction of sp³-hybridized carbons (Fsp3) is 0.0857. The van der Waals surface area contributed by atoms with Crippen molar-refractivity contribution in [2.45, 2.75) is 62.3 Å². The van der Waals surface area contributed by atoms with Crippen LogP contribution in [0.4, 0.5) is 0 Å². The second-order valence-corrected chi connectivity index (χ2v) is 29.1. The summed E-state index contributed by atoms with van der Waals surface area (Å²) in [4.78, 5) is 28.2. The van der Waals surface area contributed by atoms with E-state index in [1.165, 1.54) is 50.1 Å². The van der Waals surface area contributed by atoms with Crippen molar-refractivity contribution >= 4 is 12.4 Å². The predicted octanol–water partition coefficient (Wildman–Crippen LogP) is 27.8. The van der Waals surface area contributed by atoms with Gasteiger partial charge in [0.25, 0.3) is 0 Å². The summed E-state index contributed by atoms with van der Waals surface area (Å²) < 4.78 is 0. The summed E-state index contributed by atoms with van der Waals surface area (Å²) in [5.74, 6) is 0.663. The highest BCUT2D eigenvalue weighted by molar-refractivity contribution is 6.02. The van der Waals surface area contributed by atoms with Crippen LogP contribution >= 0.6 is 0 Å². The minimum Gasteiger partial charge on any atom is -0.264 e. The van der Waals surface area contributed by atoms with Crippen molar-refractivity contribution in [3.63, 3.8) is 0 Å². The summed E-state index contributed by atoms with van der Waals surface area (Å²) in [6.45, 7) is 23.9. The van der Waals surface area contributed by atoms with Gasteiger partial charge in [-0.25, -0.2) is 9.97 Å². The topological polar surface area (TPSA) is 76.8 Å². The van der Waals surface area contributed by atoms with Crippen LogP contribution in [0, 0.1) is 55.4 Å². The van der Waals surface area contributed by atoms with Crippen molar-refractivity contribution in [1.82, 2.24) is 24.9 Å². The molecule has 0 amide bonds. The first-order chi connectivity index (χ1) is 54.2. The summed E-state index contributed by atoms with van der Waals surface area (Å²) in [6.07, 6.45) is 15.2. The standard InChI is InChI=1S/C105H84N6/c1-11-12-23-98(106-10)78-36-28-74(29-37-78)92-48-27-67(3)73(9)103(92)89-63-85(61-87(65-89)96-59-71(7)69(5)57-94(96)76-32-40-80(41-33-76)100-25-14-17-50-108-100)91-22-19-21-90(104(91)82-44-46-83(47-45-82)105-110-52-20-53-111-105)84-60-86(95-58-70(6)68(4)56-93(95)75-30-38-79(39-31-75)99-24-13-16-49-107-99)64-88(62-84)102-72(8)54-66(2)55-97(102)77-34-42-81(43-35-77)101-26-15-18-51-109-101/h11-65H,10H2,1-9H3/b12-11-,98-23-. The summed E-state index contributed by atoms with van der Waals surface area (Å²) in [6, 6.07) is 105. The molecule has 0 aliphatic heterocycles. The fourth-order valence-corrected chi connectivity index (χ4v) is 15.6. The van der Waals surface area contributed by atoms with E-state index in [0.717, 1.165) is 167 Å². The van der Waals surface area contributed by atoms with E-state index in [4.69, 9.17) is 24.9 Å². The van der Waals surface area contributed by atoms with Gasteiger partial charge in [-0.15, -0.1) is 0 Å². The molecule has 4 heterocycles. The number of pyridine rings is 3. The second-order valence-electron chi connectivity index (χ2n) is 29.1. The van der Waals surface area contributed by atoms with E-state index in [1.807, 2.05) is 98.6 Å². The molecule has 6 nitrogen and oxygen atoms in total. The molecule has 0 spiro atoms. The zero-order valence-corrected chi connectivity index (χ0v) is 64.1. The predicted molar refractivity (Wildman–Crippen MR) is 467 cm³/mol. The third kappa shape index (κ3) is 14.7. The Morgan fingerprint density at radius 3 is 1.10 bits per heavy atom. The molecule has 0 fully saturated rings. The van der Waals surface area contributed by atoms with E-state index in [1.54, 1.807) is 0 Å². The van der Waals surface area contributed by atoms with Gasteiger partial charge in [0.2, 0.25) is 0 Å². The van der Waals surface area contributed by atoms with Gasteiger partial charge in [0.05, 0.1) is 22.8 Å². The van der Waals surface area contributed by atoms with Crippen LogP contribution < -0.4 is 0 Å². The van der Waals surface area contributed by atoms with Gasteiger partial charge in [-0.05, 0) is 315 Å². The zero-order valence-electron chi connectivity index (χ0n) is 64.1. The molecular weight excluding hydrogens is 1350 g/mol. The number of aliphatic imine (C=N–C) groups is 1. The quantitative estimate of drug-likeness (QED) is 0.0632. The first kappa shape index (κ1) is 71.6. The highest BCUT2D eigenvalue weighted by Gasteiger charge is 2.25. The van der Waals surface area contributed by atoms with Crippen LogP contribution in [0.25, 0.3) is 173 Å². The Balaban J connectivity index is 0.975. The van der Waals surface area contributed by atoms with Gasteiger partial charge in [-0.1, -0.05) is 224 Å². The Kier molecular flexibility index (Phi) is 20.2. The molecule has 0 bridgehead atoms. The number of nitrogens with zero attached hydrogens (tertiary/aromatic N) is 6. The average molecular weight is 1430 g/mol. The summed E-state index contributed by atoms with van der Waals surface area (Å²) in [5.41, 5.74) is 42.8. The Bertz CT molecular complexity index is 6220. The van der Waals surface area contributed by atoms with Gasteiger partial charge in [0.15, 0.2) is 5.82 Å². The molecule has 0 unspecified atom stereocenters. The number of aromatic nitrogens is 5. The van der Waals surface area contributed by atoms with Crippen LogP contribution in [0.15, 0.2) is 339 Å². The van der Waals surface area contributed by atoms with Crippen LogP contribution in [0.3, 0.4) is 0 Å². The van der Waals surface area contributed by atoms with Gasteiger partial charge in [-0.3, -0.25) is 19.9 Å². The molecule has 0 N–H and O–H groups in total. The van der Waals surface area contributed by atoms with Gasteiger partial charge < -0.3 is 0 Å². The fourth-order valence-electron chi connectivity index (χ4n) is 15.6. The van der Waals surface area contributed by atoms with E-state index in [0.29, 0.717) is 5.82 Å². The smallest absolute Gasteiger partial charge is 0.159 e. The Hall–Kier alpha value is -13.7. The first-order valence-electron chi connectivity index (χ1n) is 38.0. The number of benzene rings is 12. The maximum Gasteiger partial charge on any atom is 0.159 e. The van der Waals surface area contributed by atoms with E-state index in [2.05, 4.69) is 310 Å². The molecule has 0 aliphatic rings. The molecule has 12 aromatic carbocycles. The number of rotatable bonds is 18. The van der Waals surface area contributed by atoms with Crippen LogP contribution in [-0.4, -0.2) is 31.6 Å². The molecule has 0 saturated heterocycles. The number of allylic oxidation sites excluding steroid dienone is 3. The number of hydrogen-bond donors (Lipinski definition) is 0. The van der Waals surface area contributed by atoms with Crippen molar-refractivity contribution in [3.8, 4) is 168 Å². The summed E-state index contributed by atoms with van der Waals surface area (Å²) in [5, 5.41) is 0. The molecule has 0 atom stereocenters. The lowest BCUT2D eigenvalue weighted by molar-refractivity contribution is 1.18.